The monoisotopic (exact) mass is 504 g/mol. The fourth-order valence-electron chi connectivity index (χ4n) is 4.09. The fourth-order valence-corrected chi connectivity index (χ4v) is 4.09. The zero-order valence-electron chi connectivity index (χ0n) is 21.0. The first-order valence-electron chi connectivity index (χ1n) is 12.4. The van der Waals surface area contributed by atoms with E-state index in [1.165, 1.54) is 0 Å². The number of aromatic nitrogens is 3. The highest BCUT2D eigenvalue weighted by Crippen LogP contribution is 2.15. The largest absolute Gasteiger partial charge is 0.492 e. The number of fused-ring (bicyclic) bond motifs is 4. The van der Waals surface area contributed by atoms with E-state index >= 15 is 0 Å². The summed E-state index contributed by atoms with van der Waals surface area (Å²) in [6, 6.07) is 14.6. The van der Waals surface area contributed by atoms with E-state index < -0.39 is 23.9 Å². The molecule has 1 aromatic heterocycles. The average molecular weight is 505 g/mol. The summed E-state index contributed by atoms with van der Waals surface area (Å²) in [6.07, 6.45) is 2.45. The van der Waals surface area contributed by atoms with E-state index in [0.29, 0.717) is 43.0 Å². The molecule has 3 N–H and O–H groups in total. The van der Waals surface area contributed by atoms with Gasteiger partial charge in [0.25, 0.3) is 5.91 Å². The topological polar surface area (TPSA) is 127 Å². The lowest BCUT2D eigenvalue weighted by atomic mass is 10.0. The van der Waals surface area contributed by atoms with Crippen molar-refractivity contribution in [3.63, 3.8) is 0 Å². The Morgan fingerprint density at radius 1 is 1.00 bits per heavy atom. The molecule has 10 nitrogen and oxygen atoms in total. The Balaban J connectivity index is 1.62. The molecule has 2 atom stereocenters. The van der Waals surface area contributed by atoms with Crippen LogP contribution in [0.3, 0.4) is 0 Å². The number of benzene rings is 2. The number of hydrogen-bond donors (Lipinski definition) is 3. The summed E-state index contributed by atoms with van der Waals surface area (Å²) in [7, 11) is 0. The third-order valence-electron chi connectivity index (χ3n) is 5.96. The normalized spacial score (nSPS) is 19.2. The van der Waals surface area contributed by atoms with Crippen molar-refractivity contribution >= 4 is 17.7 Å². The van der Waals surface area contributed by atoms with Crippen molar-refractivity contribution in [3.8, 4) is 5.75 Å². The number of nitrogens with one attached hydrogen (secondary N) is 3. The molecule has 0 radical (unpaired) electrons. The van der Waals surface area contributed by atoms with E-state index in [1.807, 2.05) is 44.2 Å². The Kier molecular flexibility index (Phi) is 8.50. The van der Waals surface area contributed by atoms with Gasteiger partial charge in [0.15, 0.2) is 0 Å². The Bertz CT molecular complexity index is 1230. The van der Waals surface area contributed by atoms with E-state index in [4.69, 9.17) is 4.74 Å². The SMILES string of the molecule is CC(C)C[C@@H]1NC(=O)c2cccc(c2)OCCn2cc(nn2)CNC(=O)[C@H](Cc2ccccc2)NC1=O. The maximum atomic E-state index is 13.4. The molecule has 0 saturated heterocycles. The number of ether oxygens (including phenoxy) is 1. The van der Waals surface area contributed by atoms with Gasteiger partial charge in [-0.25, -0.2) is 4.68 Å². The molecule has 1 aliphatic heterocycles. The summed E-state index contributed by atoms with van der Waals surface area (Å²) in [5.74, 6) is -0.491. The van der Waals surface area contributed by atoms with E-state index in [9.17, 15) is 14.4 Å². The molecule has 0 saturated carbocycles. The fraction of sp³-hybridized carbons (Fsp3) is 0.370. The highest BCUT2D eigenvalue weighted by Gasteiger charge is 2.28. The summed E-state index contributed by atoms with van der Waals surface area (Å²) in [5.41, 5.74) is 1.87. The molecule has 0 spiro atoms. The first-order chi connectivity index (χ1) is 17.9. The summed E-state index contributed by atoms with van der Waals surface area (Å²) >= 11 is 0. The minimum atomic E-state index is -0.841. The Hall–Kier alpha value is -4.21. The summed E-state index contributed by atoms with van der Waals surface area (Å²) < 4.78 is 7.42. The minimum Gasteiger partial charge on any atom is -0.492 e. The van der Waals surface area contributed by atoms with E-state index in [-0.39, 0.29) is 18.4 Å². The second-order valence-electron chi connectivity index (χ2n) is 9.47. The molecule has 0 unspecified atom stereocenters. The first-order valence-corrected chi connectivity index (χ1v) is 12.4. The lowest BCUT2D eigenvalue weighted by Gasteiger charge is -2.24. The molecule has 194 valence electrons. The number of carbonyl (C=O) groups is 3. The van der Waals surface area contributed by atoms with Gasteiger partial charge in [0, 0.05) is 12.0 Å². The van der Waals surface area contributed by atoms with Crippen LogP contribution < -0.4 is 20.7 Å². The quantitative estimate of drug-likeness (QED) is 0.498. The van der Waals surface area contributed by atoms with Crippen LogP contribution in [0, 0.1) is 5.92 Å². The van der Waals surface area contributed by atoms with Gasteiger partial charge in [0.1, 0.15) is 30.1 Å². The summed E-state index contributed by atoms with van der Waals surface area (Å²) in [6.45, 7) is 4.87. The van der Waals surface area contributed by atoms with Crippen LogP contribution >= 0.6 is 0 Å². The van der Waals surface area contributed by atoms with Gasteiger partial charge in [-0.3, -0.25) is 14.4 Å². The van der Waals surface area contributed by atoms with Crippen molar-refractivity contribution in [1.82, 2.24) is 30.9 Å². The second-order valence-corrected chi connectivity index (χ2v) is 9.47. The van der Waals surface area contributed by atoms with Crippen molar-refractivity contribution < 1.29 is 19.1 Å². The molecule has 4 bridgehead atoms. The molecular formula is C27H32N6O4. The lowest BCUT2D eigenvalue weighted by molar-refractivity contribution is -0.130. The molecule has 0 fully saturated rings. The standard InChI is InChI=1S/C27H32N6O4/c1-18(2)13-23-27(36)30-24(14-19-7-4-3-5-8-19)26(35)28-16-21-17-33(32-31-21)11-12-37-22-10-6-9-20(15-22)25(34)29-23/h3-10,15,17-18,23-24H,11-14,16H2,1-2H3,(H,28,35)(H,29,34)(H,30,36)/t23-,24-/m0/s1. The van der Waals surface area contributed by atoms with E-state index in [1.54, 1.807) is 35.1 Å². The van der Waals surface area contributed by atoms with Gasteiger partial charge in [0.05, 0.1) is 19.3 Å². The van der Waals surface area contributed by atoms with Crippen molar-refractivity contribution in [3.05, 3.63) is 77.6 Å². The van der Waals surface area contributed by atoms with Gasteiger partial charge < -0.3 is 20.7 Å². The van der Waals surface area contributed by atoms with Crippen LogP contribution in [0.4, 0.5) is 0 Å². The van der Waals surface area contributed by atoms with Crippen molar-refractivity contribution in [2.75, 3.05) is 6.61 Å². The van der Waals surface area contributed by atoms with Gasteiger partial charge >= 0.3 is 0 Å². The van der Waals surface area contributed by atoms with Crippen LogP contribution in [0.1, 0.15) is 41.9 Å². The molecule has 1 aliphatic rings. The number of carbonyl (C=O) groups excluding carboxylic acids is 3. The van der Waals surface area contributed by atoms with Gasteiger partial charge in [-0.1, -0.05) is 55.5 Å². The number of amides is 3. The third-order valence-corrected chi connectivity index (χ3v) is 5.96. The first kappa shape index (κ1) is 25.9. The highest BCUT2D eigenvalue weighted by molar-refractivity contribution is 5.98. The smallest absolute Gasteiger partial charge is 0.252 e. The van der Waals surface area contributed by atoms with Crippen LogP contribution in [0.25, 0.3) is 0 Å². The molecule has 3 aromatic rings. The number of nitrogens with zero attached hydrogens (tertiary/aromatic N) is 3. The van der Waals surface area contributed by atoms with Gasteiger partial charge in [-0.2, -0.15) is 0 Å². The Morgan fingerprint density at radius 2 is 1.81 bits per heavy atom. The predicted octanol–water partition coefficient (Wildman–Crippen LogP) is 1.86. The van der Waals surface area contributed by atoms with Gasteiger partial charge in [0.2, 0.25) is 11.8 Å². The van der Waals surface area contributed by atoms with E-state index in [0.717, 1.165) is 5.56 Å². The zero-order valence-corrected chi connectivity index (χ0v) is 21.0. The molecule has 4 rings (SSSR count). The second kappa shape index (κ2) is 12.2. The number of hydrogen-bond acceptors (Lipinski definition) is 6. The maximum Gasteiger partial charge on any atom is 0.252 e. The summed E-state index contributed by atoms with van der Waals surface area (Å²) in [4.78, 5) is 39.7. The molecular weight excluding hydrogens is 472 g/mol. The Morgan fingerprint density at radius 3 is 2.59 bits per heavy atom. The molecule has 10 heteroatoms. The predicted molar refractivity (Wildman–Crippen MR) is 137 cm³/mol. The van der Waals surface area contributed by atoms with Crippen LogP contribution in [0.15, 0.2) is 60.8 Å². The molecule has 3 amide bonds. The molecule has 0 aliphatic carbocycles. The van der Waals surface area contributed by atoms with Crippen molar-refractivity contribution in [2.45, 2.75) is 51.9 Å². The molecule has 2 aromatic carbocycles. The average Bonchev–Trinajstić information content (AvgIpc) is 3.34. The Labute approximate surface area is 215 Å². The van der Waals surface area contributed by atoms with Crippen LogP contribution in [-0.2, 0) is 29.1 Å². The van der Waals surface area contributed by atoms with Gasteiger partial charge in [-0.15, -0.1) is 5.10 Å². The zero-order chi connectivity index (χ0) is 26.2. The van der Waals surface area contributed by atoms with Crippen molar-refractivity contribution in [1.29, 1.82) is 0 Å². The lowest BCUT2D eigenvalue weighted by Crippen LogP contribution is -2.54. The molecule has 2 heterocycles. The van der Waals surface area contributed by atoms with E-state index in [2.05, 4.69) is 26.3 Å². The maximum absolute atomic E-state index is 13.4. The third kappa shape index (κ3) is 7.39. The molecule has 37 heavy (non-hydrogen) atoms. The van der Waals surface area contributed by atoms with Gasteiger partial charge in [-0.05, 0) is 36.1 Å². The van der Waals surface area contributed by atoms with Crippen molar-refractivity contribution in [2.24, 2.45) is 5.92 Å². The number of rotatable bonds is 4. The van der Waals surface area contributed by atoms with Crippen LogP contribution in [0.5, 0.6) is 5.75 Å². The van der Waals surface area contributed by atoms with Crippen LogP contribution in [-0.4, -0.2) is 51.4 Å². The highest BCUT2D eigenvalue weighted by atomic mass is 16.5. The summed E-state index contributed by atoms with van der Waals surface area (Å²) in [5, 5.41) is 16.8. The van der Waals surface area contributed by atoms with Crippen LogP contribution in [0.2, 0.25) is 0 Å². The minimum absolute atomic E-state index is 0.132.